The van der Waals surface area contributed by atoms with Gasteiger partial charge < -0.3 is 5.32 Å². The molecule has 0 aromatic rings. The van der Waals surface area contributed by atoms with Gasteiger partial charge in [0.15, 0.2) is 5.78 Å². The Hall–Kier alpha value is -1.45. The maximum absolute atomic E-state index is 11.6. The fourth-order valence-corrected chi connectivity index (χ4v) is 1.95. The summed E-state index contributed by atoms with van der Waals surface area (Å²) >= 11 is 0. The third kappa shape index (κ3) is 5.75. The average molecular weight is 251 g/mol. The van der Waals surface area contributed by atoms with Crippen LogP contribution in [0, 0.1) is 0 Å². The molecule has 4 heteroatoms. The molecule has 0 saturated carbocycles. The smallest absolute Gasteiger partial charge is 0.231 e. The Morgan fingerprint density at radius 2 is 2.06 bits per heavy atom. The number of nitrogens with one attached hydrogen (secondary N) is 1. The molecule has 1 amide bonds. The third-order valence-corrected chi connectivity index (χ3v) is 2.92. The van der Waals surface area contributed by atoms with Crippen LogP contribution < -0.4 is 5.32 Å². The van der Waals surface area contributed by atoms with E-state index in [1.54, 1.807) is 0 Å². The molecule has 1 rings (SSSR count). The molecule has 1 N–H and O–H groups in total. The molecule has 1 aliphatic rings. The minimum atomic E-state index is -0.294. The van der Waals surface area contributed by atoms with E-state index in [1.807, 2.05) is 0 Å². The Morgan fingerprint density at radius 3 is 2.72 bits per heavy atom. The number of allylic oxidation sites excluding steroid dienone is 2. The molecule has 0 atom stereocenters. The van der Waals surface area contributed by atoms with Gasteiger partial charge in [0.1, 0.15) is 5.78 Å². The predicted molar refractivity (Wildman–Crippen MR) is 68.8 cm³/mol. The maximum atomic E-state index is 11.6. The van der Waals surface area contributed by atoms with E-state index in [0.717, 1.165) is 25.7 Å². The lowest BCUT2D eigenvalue weighted by Gasteiger charge is -2.12. The van der Waals surface area contributed by atoms with E-state index in [-0.39, 0.29) is 23.9 Å². The second-order valence-electron chi connectivity index (χ2n) is 4.71. The van der Waals surface area contributed by atoms with E-state index in [9.17, 15) is 14.4 Å². The van der Waals surface area contributed by atoms with Crippen LogP contribution in [0.4, 0.5) is 0 Å². The lowest BCUT2D eigenvalue weighted by Crippen LogP contribution is -2.27. The van der Waals surface area contributed by atoms with Gasteiger partial charge >= 0.3 is 0 Å². The van der Waals surface area contributed by atoms with E-state index in [4.69, 9.17) is 0 Å². The normalized spacial score (nSPS) is 15.2. The van der Waals surface area contributed by atoms with E-state index < -0.39 is 0 Å². The molecule has 0 aromatic carbocycles. The Morgan fingerprint density at radius 1 is 1.28 bits per heavy atom. The summed E-state index contributed by atoms with van der Waals surface area (Å²) in [6, 6.07) is 0. The fourth-order valence-electron chi connectivity index (χ4n) is 1.95. The second-order valence-corrected chi connectivity index (χ2v) is 4.71. The summed E-state index contributed by atoms with van der Waals surface area (Å²) in [5.74, 6) is -0.271. The highest BCUT2D eigenvalue weighted by Crippen LogP contribution is 2.12. The Balaban J connectivity index is 2.28. The van der Waals surface area contributed by atoms with Crippen LogP contribution in [0.25, 0.3) is 0 Å². The molecule has 0 aliphatic heterocycles. The summed E-state index contributed by atoms with van der Waals surface area (Å²) < 4.78 is 0. The van der Waals surface area contributed by atoms with Crippen LogP contribution in [0.2, 0.25) is 0 Å². The van der Waals surface area contributed by atoms with Gasteiger partial charge in [-0.3, -0.25) is 14.4 Å². The first-order valence-electron chi connectivity index (χ1n) is 6.66. The second kappa shape index (κ2) is 7.80. The third-order valence-electron chi connectivity index (χ3n) is 2.92. The van der Waals surface area contributed by atoms with Gasteiger partial charge in [0, 0.05) is 24.6 Å². The molecular weight excluding hydrogens is 230 g/mol. The first kappa shape index (κ1) is 14.6. The zero-order valence-electron chi connectivity index (χ0n) is 11.0. The van der Waals surface area contributed by atoms with E-state index in [1.165, 1.54) is 6.08 Å². The number of carbonyl (C=O) groups is 3. The molecule has 100 valence electrons. The SMILES string of the molecule is CCCCCC(=O)CC(=O)NC1=CC(=O)CCC1. The van der Waals surface area contributed by atoms with Crippen LogP contribution in [0.5, 0.6) is 0 Å². The summed E-state index contributed by atoms with van der Waals surface area (Å²) in [6.07, 6.45) is 6.84. The van der Waals surface area contributed by atoms with Gasteiger partial charge in [-0.1, -0.05) is 19.8 Å². The largest absolute Gasteiger partial charge is 0.329 e. The van der Waals surface area contributed by atoms with Crippen LogP contribution in [-0.4, -0.2) is 17.5 Å². The van der Waals surface area contributed by atoms with Gasteiger partial charge in [0.2, 0.25) is 5.91 Å². The number of rotatable bonds is 7. The highest BCUT2D eigenvalue weighted by Gasteiger charge is 2.14. The molecule has 0 fully saturated rings. The topological polar surface area (TPSA) is 63.2 Å². The molecular formula is C14H21NO3. The van der Waals surface area contributed by atoms with Crippen LogP contribution in [0.3, 0.4) is 0 Å². The lowest BCUT2D eigenvalue weighted by atomic mass is 10.0. The summed E-state index contributed by atoms with van der Waals surface area (Å²) in [5, 5.41) is 2.65. The van der Waals surface area contributed by atoms with Crippen molar-refractivity contribution < 1.29 is 14.4 Å². The van der Waals surface area contributed by atoms with Crippen molar-refractivity contribution in [2.75, 3.05) is 0 Å². The van der Waals surface area contributed by atoms with Crippen molar-refractivity contribution in [3.05, 3.63) is 11.8 Å². The molecule has 18 heavy (non-hydrogen) atoms. The monoisotopic (exact) mass is 251 g/mol. The van der Waals surface area contributed by atoms with Crippen molar-refractivity contribution in [1.29, 1.82) is 0 Å². The molecule has 1 aliphatic carbocycles. The number of carbonyl (C=O) groups excluding carboxylic acids is 3. The maximum Gasteiger partial charge on any atom is 0.231 e. The Kier molecular flexibility index (Phi) is 6.33. The fraction of sp³-hybridized carbons (Fsp3) is 0.643. The van der Waals surface area contributed by atoms with Gasteiger partial charge in [-0.25, -0.2) is 0 Å². The molecule has 0 saturated heterocycles. The van der Waals surface area contributed by atoms with E-state index >= 15 is 0 Å². The van der Waals surface area contributed by atoms with E-state index in [2.05, 4.69) is 12.2 Å². The van der Waals surface area contributed by atoms with Crippen molar-refractivity contribution >= 4 is 17.5 Å². The number of amides is 1. The Bertz CT molecular complexity index is 358. The van der Waals surface area contributed by atoms with Gasteiger partial charge in [-0.2, -0.15) is 0 Å². The summed E-state index contributed by atoms with van der Waals surface area (Å²) in [5.41, 5.74) is 0.651. The van der Waals surface area contributed by atoms with Crippen molar-refractivity contribution in [3.63, 3.8) is 0 Å². The zero-order valence-corrected chi connectivity index (χ0v) is 11.0. The predicted octanol–water partition coefficient (Wildman–Crippen LogP) is 2.28. The highest BCUT2D eigenvalue weighted by molar-refractivity contribution is 5.99. The van der Waals surface area contributed by atoms with Crippen LogP contribution in [0.1, 0.15) is 58.3 Å². The standard InChI is InChI=1S/C14H21NO3/c1-2-3-4-7-13(17)10-14(18)15-11-6-5-8-12(16)9-11/h9H,2-8,10H2,1H3,(H,15,18). The summed E-state index contributed by atoms with van der Waals surface area (Å²) in [4.78, 5) is 34.2. The number of hydrogen-bond donors (Lipinski definition) is 1. The first-order valence-corrected chi connectivity index (χ1v) is 6.66. The summed E-state index contributed by atoms with van der Waals surface area (Å²) in [6.45, 7) is 2.07. The molecule has 4 nitrogen and oxygen atoms in total. The minimum Gasteiger partial charge on any atom is -0.329 e. The van der Waals surface area contributed by atoms with Crippen LogP contribution in [0.15, 0.2) is 11.8 Å². The van der Waals surface area contributed by atoms with Gasteiger partial charge in [-0.05, 0) is 19.3 Å². The average Bonchev–Trinajstić information content (AvgIpc) is 2.29. The van der Waals surface area contributed by atoms with Gasteiger partial charge in [0.05, 0.1) is 6.42 Å². The number of unbranched alkanes of at least 4 members (excludes halogenated alkanes) is 2. The lowest BCUT2D eigenvalue weighted by molar-refractivity contribution is -0.127. The van der Waals surface area contributed by atoms with Crippen molar-refractivity contribution in [2.45, 2.75) is 58.3 Å². The molecule has 0 unspecified atom stereocenters. The minimum absolute atomic E-state index is 0.0244. The van der Waals surface area contributed by atoms with E-state index in [0.29, 0.717) is 25.0 Å². The van der Waals surface area contributed by atoms with Crippen molar-refractivity contribution in [2.24, 2.45) is 0 Å². The quantitative estimate of drug-likeness (QED) is 0.557. The van der Waals surface area contributed by atoms with Crippen molar-refractivity contribution in [1.82, 2.24) is 5.32 Å². The molecule has 0 bridgehead atoms. The molecule has 0 spiro atoms. The highest BCUT2D eigenvalue weighted by atomic mass is 16.2. The Labute approximate surface area is 108 Å². The molecule has 0 aromatic heterocycles. The summed E-state index contributed by atoms with van der Waals surface area (Å²) in [7, 11) is 0. The number of ketones is 2. The molecule has 0 heterocycles. The van der Waals surface area contributed by atoms with Gasteiger partial charge in [-0.15, -0.1) is 0 Å². The first-order chi connectivity index (χ1) is 8.61. The van der Waals surface area contributed by atoms with Crippen LogP contribution in [-0.2, 0) is 14.4 Å². The van der Waals surface area contributed by atoms with Gasteiger partial charge in [0.25, 0.3) is 0 Å². The number of Topliss-reactive ketones (excluding diaryl/α,β-unsaturated/α-hetero) is 1. The van der Waals surface area contributed by atoms with Crippen molar-refractivity contribution in [3.8, 4) is 0 Å². The zero-order chi connectivity index (χ0) is 13.4. The van der Waals surface area contributed by atoms with Crippen LogP contribution >= 0.6 is 0 Å². The number of hydrogen-bond acceptors (Lipinski definition) is 3. The molecule has 0 radical (unpaired) electrons.